The Bertz CT molecular complexity index is 895. The van der Waals surface area contributed by atoms with Gasteiger partial charge in [0, 0.05) is 35.5 Å². The van der Waals surface area contributed by atoms with Crippen molar-refractivity contribution in [2.45, 2.75) is 25.4 Å². The van der Waals surface area contributed by atoms with Gasteiger partial charge in [0.1, 0.15) is 12.6 Å². The van der Waals surface area contributed by atoms with Gasteiger partial charge in [-0.15, -0.1) is 0 Å². The van der Waals surface area contributed by atoms with Crippen LogP contribution in [0.5, 0.6) is 0 Å². The highest BCUT2D eigenvalue weighted by Crippen LogP contribution is 2.28. The van der Waals surface area contributed by atoms with Crippen LogP contribution in [0, 0.1) is 11.8 Å². The van der Waals surface area contributed by atoms with Crippen LogP contribution in [0.25, 0.3) is 10.4 Å². The molecule has 0 spiro atoms. The summed E-state index contributed by atoms with van der Waals surface area (Å²) in [5.74, 6) is 4.88. The fraction of sp³-hybridized carbons (Fsp3) is 0.389. The first-order chi connectivity index (χ1) is 13.1. The summed E-state index contributed by atoms with van der Waals surface area (Å²) < 4.78 is 5.21. The molecule has 1 atom stereocenters. The summed E-state index contributed by atoms with van der Waals surface area (Å²) in [6, 6.07) is 4.65. The van der Waals surface area contributed by atoms with Gasteiger partial charge in [-0.1, -0.05) is 17.0 Å². The van der Waals surface area contributed by atoms with Gasteiger partial charge >= 0.3 is 0 Å². The fourth-order valence-electron chi connectivity index (χ4n) is 3.06. The number of carbonyl (C=O) groups excluding carboxylic acids is 3. The first-order valence-electron chi connectivity index (χ1n) is 8.45. The minimum absolute atomic E-state index is 0.208. The Balaban J connectivity index is 1.63. The Morgan fingerprint density at radius 3 is 3.00 bits per heavy atom. The van der Waals surface area contributed by atoms with Gasteiger partial charge < -0.3 is 9.64 Å². The van der Waals surface area contributed by atoms with Crippen LogP contribution >= 0.6 is 0 Å². The molecule has 1 fully saturated rings. The van der Waals surface area contributed by atoms with Crippen LogP contribution in [0.4, 0.5) is 0 Å². The van der Waals surface area contributed by atoms with Crippen molar-refractivity contribution >= 4 is 17.7 Å². The maximum Gasteiger partial charge on any atom is 0.255 e. The molecule has 1 aromatic carbocycles. The van der Waals surface area contributed by atoms with E-state index in [1.54, 1.807) is 12.1 Å². The number of azide groups is 1. The van der Waals surface area contributed by atoms with E-state index in [0.717, 1.165) is 11.1 Å². The molecule has 0 radical (unpaired) electrons. The lowest BCUT2D eigenvalue weighted by Crippen LogP contribution is -2.52. The standard InChI is InChI=1S/C18H17N5O4/c19-22-20-7-9-27-8-1-2-12-3-4-14-13(10-12)11-23(18(14)26)15-5-6-16(24)21-17(15)25/h3-4,10,15H,5-9,11H2,(H,21,24,25). The van der Waals surface area contributed by atoms with Crippen molar-refractivity contribution in [3.05, 3.63) is 45.3 Å². The van der Waals surface area contributed by atoms with Crippen molar-refractivity contribution < 1.29 is 19.1 Å². The molecule has 2 aliphatic rings. The molecule has 3 amide bonds. The summed E-state index contributed by atoms with van der Waals surface area (Å²) in [5, 5.41) is 5.64. The highest BCUT2D eigenvalue weighted by Gasteiger charge is 2.38. The van der Waals surface area contributed by atoms with Crippen LogP contribution in [0.3, 0.4) is 0 Å². The van der Waals surface area contributed by atoms with Crippen molar-refractivity contribution in [2.24, 2.45) is 5.11 Å². The van der Waals surface area contributed by atoms with Gasteiger partial charge in [0.2, 0.25) is 11.8 Å². The van der Waals surface area contributed by atoms with Crippen LogP contribution in [-0.2, 0) is 20.9 Å². The number of benzene rings is 1. The summed E-state index contributed by atoms with van der Waals surface area (Å²) in [4.78, 5) is 40.0. The van der Waals surface area contributed by atoms with Crippen LogP contribution in [-0.4, -0.2) is 48.4 Å². The normalized spacial score (nSPS) is 18.3. The molecular formula is C18H17N5O4. The van der Waals surface area contributed by atoms with E-state index in [-0.39, 0.29) is 31.4 Å². The average molecular weight is 367 g/mol. The lowest BCUT2D eigenvalue weighted by Gasteiger charge is -2.29. The predicted molar refractivity (Wildman–Crippen MR) is 94.2 cm³/mol. The second kappa shape index (κ2) is 8.36. The van der Waals surface area contributed by atoms with E-state index < -0.39 is 11.9 Å². The molecule has 1 saturated heterocycles. The molecule has 1 aromatic rings. The zero-order chi connectivity index (χ0) is 19.2. The van der Waals surface area contributed by atoms with Gasteiger partial charge in [-0.2, -0.15) is 0 Å². The molecule has 9 nitrogen and oxygen atoms in total. The molecule has 3 rings (SSSR count). The number of piperidine rings is 1. The van der Waals surface area contributed by atoms with Crippen LogP contribution < -0.4 is 5.32 Å². The molecule has 9 heteroatoms. The van der Waals surface area contributed by atoms with Crippen LogP contribution in [0.1, 0.15) is 34.3 Å². The lowest BCUT2D eigenvalue weighted by molar-refractivity contribution is -0.136. The summed E-state index contributed by atoms with van der Waals surface area (Å²) in [5.41, 5.74) is 10.3. The third-order valence-electron chi connectivity index (χ3n) is 4.33. The Labute approximate surface area is 155 Å². The van der Waals surface area contributed by atoms with Gasteiger partial charge in [-0.05, 0) is 35.7 Å². The molecule has 1 unspecified atom stereocenters. The van der Waals surface area contributed by atoms with Crippen molar-refractivity contribution in [1.82, 2.24) is 10.2 Å². The minimum Gasteiger partial charge on any atom is -0.369 e. The molecule has 1 N–H and O–H groups in total. The van der Waals surface area contributed by atoms with Gasteiger partial charge in [-0.25, -0.2) is 0 Å². The molecule has 138 valence electrons. The summed E-state index contributed by atoms with van der Waals surface area (Å²) >= 11 is 0. The molecule has 2 aliphatic heterocycles. The zero-order valence-electron chi connectivity index (χ0n) is 14.5. The number of hydrogen-bond acceptors (Lipinski definition) is 5. The van der Waals surface area contributed by atoms with Crippen LogP contribution in [0.15, 0.2) is 23.3 Å². The smallest absolute Gasteiger partial charge is 0.255 e. The Morgan fingerprint density at radius 2 is 2.22 bits per heavy atom. The summed E-state index contributed by atoms with van der Waals surface area (Å²) in [7, 11) is 0. The molecule has 0 aliphatic carbocycles. The maximum absolute atomic E-state index is 12.6. The second-order valence-electron chi connectivity index (χ2n) is 6.08. The number of imide groups is 1. The SMILES string of the molecule is [N-]=[N+]=NCCOCC#Cc1ccc2c(c1)CN(C1CCC(=O)NC1=O)C2=O. The monoisotopic (exact) mass is 367 g/mol. The number of nitrogens with one attached hydrogen (secondary N) is 1. The highest BCUT2D eigenvalue weighted by atomic mass is 16.5. The number of amides is 3. The van der Waals surface area contributed by atoms with Gasteiger partial charge in [-0.3, -0.25) is 19.7 Å². The molecule has 0 saturated carbocycles. The lowest BCUT2D eigenvalue weighted by atomic mass is 10.0. The van der Waals surface area contributed by atoms with Gasteiger partial charge in [0.25, 0.3) is 5.91 Å². The van der Waals surface area contributed by atoms with Crippen molar-refractivity contribution in [3.8, 4) is 11.8 Å². The van der Waals surface area contributed by atoms with Crippen molar-refractivity contribution in [1.29, 1.82) is 0 Å². The number of hydrogen-bond donors (Lipinski definition) is 1. The summed E-state index contributed by atoms with van der Waals surface area (Å²) in [6.07, 6.45) is 0.567. The number of nitrogens with zero attached hydrogens (tertiary/aromatic N) is 4. The van der Waals surface area contributed by atoms with E-state index in [9.17, 15) is 14.4 Å². The van der Waals surface area contributed by atoms with E-state index in [2.05, 4.69) is 27.2 Å². The van der Waals surface area contributed by atoms with E-state index >= 15 is 0 Å². The Kier molecular flexibility index (Phi) is 5.71. The largest absolute Gasteiger partial charge is 0.369 e. The second-order valence-corrected chi connectivity index (χ2v) is 6.08. The topological polar surface area (TPSA) is 124 Å². The molecule has 0 aromatic heterocycles. The quantitative estimate of drug-likeness (QED) is 0.209. The van der Waals surface area contributed by atoms with E-state index in [0.29, 0.717) is 25.1 Å². The first-order valence-corrected chi connectivity index (χ1v) is 8.45. The van der Waals surface area contributed by atoms with Crippen molar-refractivity contribution in [2.75, 3.05) is 19.8 Å². The van der Waals surface area contributed by atoms with E-state index in [4.69, 9.17) is 10.3 Å². The third-order valence-corrected chi connectivity index (χ3v) is 4.33. The molecule has 27 heavy (non-hydrogen) atoms. The third kappa shape index (κ3) is 4.26. The molecular weight excluding hydrogens is 350 g/mol. The summed E-state index contributed by atoms with van der Waals surface area (Å²) in [6.45, 7) is 1.09. The van der Waals surface area contributed by atoms with Crippen LogP contribution in [0.2, 0.25) is 0 Å². The van der Waals surface area contributed by atoms with Crippen molar-refractivity contribution in [3.63, 3.8) is 0 Å². The number of ether oxygens (including phenoxy) is 1. The number of fused-ring (bicyclic) bond motifs is 1. The number of carbonyl (C=O) groups is 3. The van der Waals surface area contributed by atoms with E-state index in [1.807, 2.05) is 6.07 Å². The molecule has 0 bridgehead atoms. The predicted octanol–water partition coefficient (Wildman–Crippen LogP) is 1.13. The van der Waals surface area contributed by atoms with E-state index in [1.165, 1.54) is 4.90 Å². The van der Waals surface area contributed by atoms with Gasteiger partial charge in [0.05, 0.1) is 6.61 Å². The molecule has 2 heterocycles. The minimum atomic E-state index is -0.624. The Morgan fingerprint density at radius 1 is 1.37 bits per heavy atom. The Hall–Kier alpha value is -3.34. The first kappa shape index (κ1) is 18.5. The fourth-order valence-corrected chi connectivity index (χ4v) is 3.06. The number of rotatable bonds is 5. The highest BCUT2D eigenvalue weighted by molar-refractivity contribution is 6.05. The average Bonchev–Trinajstić information content (AvgIpc) is 2.97. The van der Waals surface area contributed by atoms with Gasteiger partial charge in [0.15, 0.2) is 0 Å². The maximum atomic E-state index is 12.6. The zero-order valence-corrected chi connectivity index (χ0v) is 14.5.